The molecule has 0 N–H and O–H groups in total. The quantitative estimate of drug-likeness (QED) is 0.186. The summed E-state index contributed by atoms with van der Waals surface area (Å²) in [5.41, 5.74) is 6.33. The molecule has 192 valence electrons. The van der Waals surface area contributed by atoms with Gasteiger partial charge in [0.25, 0.3) is 11.8 Å². The molecule has 4 aromatic carbocycles. The molecule has 0 radical (unpaired) electrons. The number of hydrazone groups is 1. The maximum absolute atomic E-state index is 13.7. The van der Waals surface area contributed by atoms with E-state index in [0.29, 0.717) is 17.4 Å². The Bertz CT molecular complexity index is 1550. The first-order valence-corrected chi connectivity index (χ1v) is 13.9. The predicted octanol–water partition coefficient (Wildman–Crippen LogP) is 6.91. The van der Waals surface area contributed by atoms with E-state index in [1.807, 2.05) is 66.7 Å². The van der Waals surface area contributed by atoms with E-state index in [1.54, 1.807) is 6.21 Å². The minimum Gasteiger partial charge on any atom is -0.488 e. The third-order valence-corrected chi connectivity index (χ3v) is 8.88. The highest BCUT2D eigenvalue weighted by molar-refractivity contribution is 9.10. The summed E-state index contributed by atoms with van der Waals surface area (Å²) in [6.07, 6.45) is 1.56. The summed E-state index contributed by atoms with van der Waals surface area (Å²) in [4.78, 5) is 27.4. The van der Waals surface area contributed by atoms with Gasteiger partial charge in [0.2, 0.25) is 0 Å². The van der Waals surface area contributed by atoms with Gasteiger partial charge in [-0.25, -0.2) is 0 Å². The highest BCUT2D eigenvalue weighted by Gasteiger charge is 2.61. The minimum atomic E-state index is -0.445. The lowest BCUT2D eigenvalue weighted by atomic mass is 9.55. The second kappa shape index (κ2) is 9.47. The normalized spacial score (nSPS) is 22.7. The van der Waals surface area contributed by atoms with Crippen molar-refractivity contribution in [2.45, 2.75) is 18.4 Å². The zero-order valence-electron chi connectivity index (χ0n) is 20.6. The molecule has 2 bridgehead atoms. The Balaban J connectivity index is 1.14. The summed E-state index contributed by atoms with van der Waals surface area (Å²) in [6, 6.07) is 29.4. The van der Waals surface area contributed by atoms with Crippen LogP contribution in [0.25, 0.3) is 0 Å². The van der Waals surface area contributed by atoms with Crippen LogP contribution < -0.4 is 4.74 Å². The number of nitrogens with zero attached hydrogens (tertiary/aromatic N) is 2. The Kier molecular flexibility index (Phi) is 5.90. The van der Waals surface area contributed by atoms with Crippen LogP contribution in [-0.4, -0.2) is 23.0 Å². The summed E-state index contributed by atoms with van der Waals surface area (Å²) in [6.45, 7) is 0.399. The lowest BCUT2D eigenvalue weighted by Gasteiger charge is -2.45. The third-order valence-electron chi connectivity index (χ3n) is 8.01. The molecule has 8 rings (SSSR count). The maximum Gasteiger partial charge on any atom is 0.254 e. The summed E-state index contributed by atoms with van der Waals surface area (Å²) >= 11 is 9.52. The van der Waals surface area contributed by atoms with Crippen LogP contribution in [0.2, 0.25) is 5.02 Å². The van der Waals surface area contributed by atoms with Gasteiger partial charge in [0, 0.05) is 16.9 Å². The number of hydrogen-bond donors (Lipinski definition) is 0. The average Bonchev–Trinajstić information content (AvgIpc) is 3.21. The number of carbonyl (C=O) groups is 2. The van der Waals surface area contributed by atoms with Crippen LogP contribution in [0.1, 0.15) is 45.2 Å². The number of halogens is 2. The van der Waals surface area contributed by atoms with Crippen molar-refractivity contribution in [3.63, 3.8) is 0 Å². The van der Waals surface area contributed by atoms with Gasteiger partial charge in [0.05, 0.1) is 22.5 Å². The molecule has 1 aliphatic heterocycles. The fourth-order valence-electron chi connectivity index (χ4n) is 6.36. The Hall–Kier alpha value is -3.74. The van der Waals surface area contributed by atoms with Crippen LogP contribution >= 0.6 is 27.5 Å². The van der Waals surface area contributed by atoms with Gasteiger partial charge in [0.15, 0.2) is 0 Å². The number of amides is 2. The fourth-order valence-corrected chi connectivity index (χ4v) is 6.99. The van der Waals surface area contributed by atoms with Gasteiger partial charge in [-0.15, -0.1) is 0 Å². The number of hydrogen-bond acceptors (Lipinski definition) is 4. The van der Waals surface area contributed by atoms with Crippen LogP contribution in [0.4, 0.5) is 0 Å². The molecule has 2 amide bonds. The van der Waals surface area contributed by atoms with Crippen LogP contribution in [0, 0.1) is 11.8 Å². The van der Waals surface area contributed by atoms with Crippen molar-refractivity contribution in [3.05, 3.63) is 134 Å². The molecule has 1 fully saturated rings. The van der Waals surface area contributed by atoms with Crippen LogP contribution in [0.3, 0.4) is 0 Å². The molecule has 3 aliphatic carbocycles. The standard InChI is InChI=1S/C32H22BrClN2O3/c33-25-15-19(11-14-26(25)39-17-18-9-12-20(34)13-10-18)16-35-36-31(37)29-27-21-5-1-2-6-22(21)28(30(29)32(36)38)24-8-4-3-7-23(24)27/h1-16,27-30H,17H2/b35-16-/t27?,28?,29-,30-/m1/s1. The molecule has 5 nitrogen and oxygen atoms in total. The number of benzene rings is 4. The number of ether oxygens (including phenoxy) is 1. The molecule has 1 heterocycles. The van der Waals surface area contributed by atoms with Crippen LogP contribution in [-0.2, 0) is 16.2 Å². The second-order valence-electron chi connectivity index (χ2n) is 10.1. The zero-order chi connectivity index (χ0) is 26.7. The van der Waals surface area contributed by atoms with E-state index in [9.17, 15) is 9.59 Å². The molecule has 0 saturated carbocycles. The highest BCUT2D eigenvalue weighted by Crippen LogP contribution is 2.60. The Morgan fingerprint density at radius 2 is 1.33 bits per heavy atom. The summed E-state index contributed by atoms with van der Waals surface area (Å²) < 4.78 is 6.68. The molecular formula is C32H22BrClN2O3. The molecule has 1 saturated heterocycles. The molecule has 4 aromatic rings. The fraction of sp³-hybridized carbons (Fsp3) is 0.156. The van der Waals surface area contributed by atoms with Crippen LogP contribution in [0.5, 0.6) is 5.75 Å². The van der Waals surface area contributed by atoms with Crippen molar-refractivity contribution in [2.75, 3.05) is 0 Å². The van der Waals surface area contributed by atoms with Crippen LogP contribution in [0.15, 0.2) is 101 Å². The van der Waals surface area contributed by atoms with E-state index < -0.39 is 11.8 Å². The Morgan fingerprint density at radius 1 is 0.795 bits per heavy atom. The van der Waals surface area contributed by atoms with Crippen molar-refractivity contribution in [3.8, 4) is 5.75 Å². The van der Waals surface area contributed by atoms with Gasteiger partial charge in [-0.3, -0.25) is 9.59 Å². The molecule has 0 spiro atoms. The van der Waals surface area contributed by atoms with Gasteiger partial charge in [0.1, 0.15) is 12.4 Å². The van der Waals surface area contributed by atoms with Crippen molar-refractivity contribution in [2.24, 2.45) is 16.9 Å². The Morgan fingerprint density at radius 3 is 1.85 bits per heavy atom. The van der Waals surface area contributed by atoms with E-state index in [-0.39, 0.29) is 23.7 Å². The largest absolute Gasteiger partial charge is 0.488 e. The first-order valence-electron chi connectivity index (χ1n) is 12.8. The molecule has 4 aliphatic rings. The van der Waals surface area contributed by atoms with Crippen molar-refractivity contribution < 1.29 is 14.3 Å². The van der Waals surface area contributed by atoms with E-state index in [1.165, 1.54) is 0 Å². The molecule has 2 atom stereocenters. The second-order valence-corrected chi connectivity index (χ2v) is 11.4. The first kappa shape index (κ1) is 24.3. The zero-order valence-corrected chi connectivity index (χ0v) is 23.0. The molecule has 39 heavy (non-hydrogen) atoms. The van der Waals surface area contributed by atoms with E-state index in [2.05, 4.69) is 45.3 Å². The molecule has 0 unspecified atom stereocenters. The van der Waals surface area contributed by atoms with Gasteiger partial charge in [-0.1, -0.05) is 72.3 Å². The summed E-state index contributed by atoms with van der Waals surface area (Å²) in [7, 11) is 0. The molecule has 0 aromatic heterocycles. The third kappa shape index (κ3) is 3.93. The number of imide groups is 1. The molecular weight excluding hydrogens is 576 g/mol. The molecule has 7 heteroatoms. The smallest absolute Gasteiger partial charge is 0.254 e. The van der Waals surface area contributed by atoms with Crippen molar-refractivity contribution >= 4 is 45.6 Å². The number of rotatable bonds is 5. The van der Waals surface area contributed by atoms with Gasteiger partial charge >= 0.3 is 0 Å². The van der Waals surface area contributed by atoms with Gasteiger partial charge in [-0.05, 0) is 79.6 Å². The predicted molar refractivity (Wildman–Crippen MR) is 153 cm³/mol. The lowest BCUT2D eigenvalue weighted by Crippen LogP contribution is -2.41. The highest BCUT2D eigenvalue weighted by atomic mass is 79.9. The van der Waals surface area contributed by atoms with E-state index in [0.717, 1.165) is 42.9 Å². The maximum atomic E-state index is 13.7. The number of carbonyl (C=O) groups excluding carboxylic acids is 2. The topological polar surface area (TPSA) is 59.0 Å². The van der Waals surface area contributed by atoms with E-state index >= 15 is 0 Å². The van der Waals surface area contributed by atoms with Crippen molar-refractivity contribution in [1.82, 2.24) is 5.01 Å². The van der Waals surface area contributed by atoms with Gasteiger partial charge in [-0.2, -0.15) is 10.1 Å². The summed E-state index contributed by atoms with van der Waals surface area (Å²) in [5, 5.41) is 6.18. The monoisotopic (exact) mass is 596 g/mol. The van der Waals surface area contributed by atoms with E-state index in [4.69, 9.17) is 16.3 Å². The minimum absolute atomic E-state index is 0.143. The SMILES string of the molecule is O=C1[C@@H]2C3c4ccccc4C(c4ccccc43)[C@H]2C(=O)N1/N=C\c1ccc(OCc2ccc(Cl)cc2)c(Br)c1. The first-order chi connectivity index (χ1) is 19.0. The summed E-state index contributed by atoms with van der Waals surface area (Å²) in [5.74, 6) is -0.969. The van der Waals surface area contributed by atoms with Crippen molar-refractivity contribution in [1.29, 1.82) is 0 Å². The lowest BCUT2D eigenvalue weighted by molar-refractivity contribution is -0.139. The average molecular weight is 598 g/mol. The Labute approximate surface area is 239 Å². The van der Waals surface area contributed by atoms with Gasteiger partial charge < -0.3 is 4.74 Å².